The van der Waals surface area contributed by atoms with Gasteiger partial charge in [0.15, 0.2) is 5.82 Å². The van der Waals surface area contributed by atoms with Crippen molar-refractivity contribution in [3.05, 3.63) is 12.2 Å². The highest BCUT2D eigenvalue weighted by Gasteiger charge is 2.44. The Kier molecular flexibility index (Phi) is 1.48. The molecule has 1 fully saturated rings. The first-order valence-corrected chi connectivity index (χ1v) is 4.19. The SMILES string of the molecule is Cn1cnnc1C(C)(O)C1CC1. The molecule has 0 amide bonds. The second-order valence-corrected chi connectivity index (χ2v) is 3.69. The van der Waals surface area contributed by atoms with Crippen LogP contribution in [0, 0.1) is 5.92 Å². The van der Waals surface area contributed by atoms with Gasteiger partial charge in [-0.05, 0) is 25.7 Å². The molecule has 1 saturated carbocycles. The highest BCUT2D eigenvalue weighted by atomic mass is 16.3. The summed E-state index contributed by atoms with van der Waals surface area (Å²) in [6, 6.07) is 0. The number of aryl methyl sites for hydroxylation is 1. The van der Waals surface area contributed by atoms with Crippen LogP contribution in [0.4, 0.5) is 0 Å². The lowest BCUT2D eigenvalue weighted by Gasteiger charge is -2.20. The summed E-state index contributed by atoms with van der Waals surface area (Å²) in [5.41, 5.74) is -0.786. The van der Waals surface area contributed by atoms with E-state index in [1.54, 1.807) is 10.9 Å². The Labute approximate surface area is 71.2 Å². The first-order valence-electron chi connectivity index (χ1n) is 4.19. The van der Waals surface area contributed by atoms with Crippen LogP contribution in [-0.4, -0.2) is 19.9 Å². The van der Waals surface area contributed by atoms with Gasteiger partial charge in [0.05, 0.1) is 0 Å². The molecule has 0 aromatic carbocycles. The van der Waals surface area contributed by atoms with E-state index in [1.807, 2.05) is 14.0 Å². The number of nitrogens with zero attached hydrogens (tertiary/aromatic N) is 3. The fourth-order valence-corrected chi connectivity index (χ4v) is 1.57. The number of aliphatic hydroxyl groups is 1. The second-order valence-electron chi connectivity index (χ2n) is 3.69. The van der Waals surface area contributed by atoms with Crippen LogP contribution in [0.3, 0.4) is 0 Å². The van der Waals surface area contributed by atoms with Gasteiger partial charge in [-0.15, -0.1) is 10.2 Å². The van der Waals surface area contributed by atoms with E-state index >= 15 is 0 Å². The third kappa shape index (κ3) is 1.03. The minimum absolute atomic E-state index is 0.375. The van der Waals surface area contributed by atoms with E-state index in [9.17, 15) is 5.11 Å². The maximum Gasteiger partial charge on any atom is 0.164 e. The quantitative estimate of drug-likeness (QED) is 0.695. The summed E-state index contributed by atoms with van der Waals surface area (Å²) in [6.45, 7) is 1.81. The Bertz CT molecular complexity index is 288. The van der Waals surface area contributed by atoms with Crippen molar-refractivity contribution >= 4 is 0 Å². The lowest BCUT2D eigenvalue weighted by atomic mass is 10.00. The topological polar surface area (TPSA) is 50.9 Å². The molecular formula is C8H13N3O. The van der Waals surface area contributed by atoms with Gasteiger partial charge in [0.2, 0.25) is 0 Å². The summed E-state index contributed by atoms with van der Waals surface area (Å²) in [7, 11) is 1.85. The molecule has 1 heterocycles. The second kappa shape index (κ2) is 2.29. The molecule has 1 aromatic heterocycles. The Morgan fingerprint density at radius 1 is 1.67 bits per heavy atom. The van der Waals surface area contributed by atoms with Crippen LogP contribution >= 0.6 is 0 Å². The van der Waals surface area contributed by atoms with Crippen molar-refractivity contribution in [3.63, 3.8) is 0 Å². The third-order valence-electron chi connectivity index (χ3n) is 2.54. The Morgan fingerprint density at radius 2 is 2.33 bits per heavy atom. The van der Waals surface area contributed by atoms with Crippen molar-refractivity contribution in [2.45, 2.75) is 25.4 Å². The molecular weight excluding hydrogens is 154 g/mol. The zero-order chi connectivity index (χ0) is 8.77. The van der Waals surface area contributed by atoms with E-state index in [1.165, 1.54) is 0 Å². The molecule has 0 bridgehead atoms. The third-order valence-corrected chi connectivity index (χ3v) is 2.54. The zero-order valence-corrected chi connectivity index (χ0v) is 7.36. The van der Waals surface area contributed by atoms with E-state index in [0.717, 1.165) is 12.8 Å². The van der Waals surface area contributed by atoms with E-state index in [2.05, 4.69) is 10.2 Å². The summed E-state index contributed by atoms with van der Waals surface area (Å²) in [4.78, 5) is 0. The first-order chi connectivity index (χ1) is 5.62. The molecule has 0 spiro atoms. The summed E-state index contributed by atoms with van der Waals surface area (Å²) >= 11 is 0. The summed E-state index contributed by atoms with van der Waals surface area (Å²) < 4.78 is 1.78. The number of rotatable bonds is 2. The van der Waals surface area contributed by atoms with E-state index in [4.69, 9.17) is 0 Å². The van der Waals surface area contributed by atoms with Crippen molar-refractivity contribution in [2.75, 3.05) is 0 Å². The molecule has 12 heavy (non-hydrogen) atoms. The number of hydrogen-bond donors (Lipinski definition) is 1. The molecule has 1 aliphatic carbocycles. The molecule has 4 nitrogen and oxygen atoms in total. The average molecular weight is 167 g/mol. The fraction of sp³-hybridized carbons (Fsp3) is 0.750. The zero-order valence-electron chi connectivity index (χ0n) is 7.36. The van der Waals surface area contributed by atoms with Crippen LogP contribution in [0.5, 0.6) is 0 Å². The predicted octanol–water partition coefficient (Wildman–Crippen LogP) is 0.433. The van der Waals surface area contributed by atoms with Crippen LogP contribution in [-0.2, 0) is 12.6 Å². The van der Waals surface area contributed by atoms with Gasteiger partial charge < -0.3 is 9.67 Å². The Morgan fingerprint density at radius 3 is 2.75 bits per heavy atom. The van der Waals surface area contributed by atoms with Crippen molar-refractivity contribution in [2.24, 2.45) is 13.0 Å². The average Bonchev–Trinajstić information content (AvgIpc) is 2.75. The highest BCUT2D eigenvalue weighted by molar-refractivity contribution is 5.06. The highest BCUT2D eigenvalue weighted by Crippen LogP contribution is 2.44. The molecule has 2 rings (SSSR count). The van der Waals surface area contributed by atoms with Gasteiger partial charge in [-0.25, -0.2) is 0 Å². The fourth-order valence-electron chi connectivity index (χ4n) is 1.57. The van der Waals surface area contributed by atoms with E-state index in [0.29, 0.717) is 11.7 Å². The predicted molar refractivity (Wildman–Crippen MR) is 43.3 cm³/mol. The smallest absolute Gasteiger partial charge is 0.164 e. The molecule has 1 aliphatic rings. The maximum absolute atomic E-state index is 10.1. The molecule has 0 aliphatic heterocycles. The van der Waals surface area contributed by atoms with Crippen LogP contribution in [0.15, 0.2) is 6.33 Å². The van der Waals surface area contributed by atoms with Gasteiger partial charge in [-0.2, -0.15) is 0 Å². The lowest BCUT2D eigenvalue weighted by Crippen LogP contribution is -2.27. The van der Waals surface area contributed by atoms with Gasteiger partial charge in [0, 0.05) is 7.05 Å². The molecule has 1 aromatic rings. The molecule has 4 heteroatoms. The largest absolute Gasteiger partial charge is 0.382 e. The molecule has 66 valence electrons. The number of aromatic nitrogens is 3. The van der Waals surface area contributed by atoms with Gasteiger partial charge >= 0.3 is 0 Å². The monoisotopic (exact) mass is 167 g/mol. The number of hydrogen-bond acceptors (Lipinski definition) is 3. The van der Waals surface area contributed by atoms with Crippen LogP contribution in [0.2, 0.25) is 0 Å². The van der Waals surface area contributed by atoms with Gasteiger partial charge in [0.1, 0.15) is 11.9 Å². The standard InChI is InChI=1S/C8H13N3O/c1-8(12,6-3-4-6)7-10-9-5-11(7)2/h5-6,12H,3-4H2,1-2H3. The van der Waals surface area contributed by atoms with Gasteiger partial charge in [-0.1, -0.05) is 0 Å². The van der Waals surface area contributed by atoms with Crippen molar-refractivity contribution in [3.8, 4) is 0 Å². The van der Waals surface area contributed by atoms with Gasteiger partial charge in [-0.3, -0.25) is 0 Å². The molecule has 1 N–H and O–H groups in total. The Hall–Kier alpha value is -0.900. The van der Waals surface area contributed by atoms with E-state index < -0.39 is 5.60 Å². The first kappa shape index (κ1) is 7.73. The summed E-state index contributed by atoms with van der Waals surface area (Å²) in [5.74, 6) is 1.05. The summed E-state index contributed by atoms with van der Waals surface area (Å²) in [6.07, 6.45) is 3.81. The van der Waals surface area contributed by atoms with Crippen molar-refractivity contribution < 1.29 is 5.11 Å². The van der Waals surface area contributed by atoms with E-state index in [-0.39, 0.29) is 0 Å². The molecule has 1 atom stereocenters. The van der Waals surface area contributed by atoms with Crippen molar-refractivity contribution in [1.82, 2.24) is 14.8 Å². The summed E-state index contributed by atoms with van der Waals surface area (Å²) in [5, 5.41) is 17.7. The van der Waals surface area contributed by atoms with Crippen LogP contribution in [0.1, 0.15) is 25.6 Å². The minimum Gasteiger partial charge on any atom is -0.382 e. The Balaban J connectivity index is 2.33. The minimum atomic E-state index is -0.786. The molecule has 1 unspecified atom stereocenters. The molecule has 0 radical (unpaired) electrons. The normalized spacial score (nSPS) is 22.2. The van der Waals surface area contributed by atoms with Crippen molar-refractivity contribution in [1.29, 1.82) is 0 Å². The van der Waals surface area contributed by atoms with Crippen LogP contribution in [0.25, 0.3) is 0 Å². The van der Waals surface area contributed by atoms with Gasteiger partial charge in [0.25, 0.3) is 0 Å². The van der Waals surface area contributed by atoms with Crippen LogP contribution < -0.4 is 0 Å². The molecule has 0 saturated heterocycles. The maximum atomic E-state index is 10.1. The lowest BCUT2D eigenvalue weighted by molar-refractivity contribution is 0.0209.